The van der Waals surface area contributed by atoms with Crippen molar-refractivity contribution in [3.63, 3.8) is 0 Å². The summed E-state index contributed by atoms with van der Waals surface area (Å²) in [5.74, 6) is 2.82. The second-order valence-electron chi connectivity index (χ2n) is 19.3. The molecule has 4 N–H and O–H groups in total. The van der Waals surface area contributed by atoms with Crippen LogP contribution in [0.25, 0.3) is 0 Å². The molecule has 0 aliphatic carbocycles. The summed E-state index contributed by atoms with van der Waals surface area (Å²) in [5, 5.41) is 26.9. The lowest BCUT2D eigenvalue weighted by molar-refractivity contribution is -0.385. The Balaban J connectivity index is 1.88. The third kappa shape index (κ3) is 9.39. The van der Waals surface area contributed by atoms with Gasteiger partial charge in [-0.2, -0.15) is 4.99 Å². The maximum Gasteiger partial charge on any atom is 0.273 e. The summed E-state index contributed by atoms with van der Waals surface area (Å²) < 4.78 is 35.7. The van der Waals surface area contributed by atoms with Crippen molar-refractivity contribution in [2.75, 3.05) is 13.2 Å². The Kier molecular flexibility index (Phi) is 12.4. The molecule has 0 spiro atoms. The van der Waals surface area contributed by atoms with E-state index in [1.54, 1.807) is 10.9 Å². The number of terminal acetylenes is 1. The fourth-order valence-electron chi connectivity index (χ4n) is 5.73. The molecule has 5 atom stereocenters. The number of fused-ring (bicyclic) bond motifs is 1. The highest BCUT2D eigenvalue weighted by Gasteiger charge is 2.56. The molecule has 2 aliphatic rings. The molecule has 0 radical (unpaired) electrons. The maximum absolute atomic E-state index is 12.3. The summed E-state index contributed by atoms with van der Waals surface area (Å²) in [7, 11) is -7.13. The van der Waals surface area contributed by atoms with Crippen molar-refractivity contribution in [2.45, 2.75) is 153 Å². The van der Waals surface area contributed by atoms with E-state index < -0.39 is 60.1 Å². The largest absolute Gasteiger partial charge is 0.481 e. The number of nitrogens with zero attached hydrogens (tertiary/aromatic N) is 4. The molecule has 0 amide bonds. The first-order chi connectivity index (χ1) is 24.9. The van der Waals surface area contributed by atoms with Crippen molar-refractivity contribution in [1.82, 2.24) is 14.9 Å². The van der Waals surface area contributed by atoms with Crippen LogP contribution in [-0.2, 0) is 30.2 Å². The van der Waals surface area contributed by atoms with Crippen LogP contribution in [0.5, 0.6) is 5.75 Å². The zero-order valence-corrected chi connectivity index (χ0v) is 38.5. The van der Waals surface area contributed by atoms with Gasteiger partial charge in [0.05, 0.1) is 17.9 Å². The minimum atomic E-state index is -2.49. The van der Waals surface area contributed by atoms with Gasteiger partial charge in [0.15, 0.2) is 48.7 Å². The lowest BCUT2D eigenvalue weighted by Gasteiger charge is -2.44. The zero-order chi connectivity index (χ0) is 41.7. The number of nitro groups is 1. The van der Waals surface area contributed by atoms with E-state index in [-0.39, 0.29) is 56.9 Å². The van der Waals surface area contributed by atoms with Gasteiger partial charge in [-0.15, -0.1) is 6.42 Å². The van der Waals surface area contributed by atoms with Crippen molar-refractivity contribution in [1.29, 1.82) is 0 Å². The zero-order valence-electron chi connectivity index (χ0n) is 35.5. The van der Waals surface area contributed by atoms with E-state index in [4.69, 9.17) is 34.9 Å². The molecular weight excluding hydrogens is 753 g/mol. The molecule has 1 aromatic heterocycles. The highest BCUT2D eigenvalue weighted by molar-refractivity contribution is 6.75. The molecule has 3 heterocycles. The number of benzene rings is 1. The number of nitrogens with one attached hydrogen (secondary N) is 1. The summed E-state index contributed by atoms with van der Waals surface area (Å²) in [6.45, 7) is 33.3. The molecule has 1 aromatic carbocycles. The molecule has 1 fully saturated rings. The van der Waals surface area contributed by atoms with E-state index in [0.717, 1.165) is 0 Å². The monoisotopic (exact) mass is 816 g/mol. The number of hydrogen-bond donors (Lipinski definition) is 3. The number of rotatable bonds is 13. The Labute approximate surface area is 330 Å². The number of aliphatic hydroxyl groups is 1. The van der Waals surface area contributed by atoms with Crippen molar-refractivity contribution >= 4 is 42.4 Å². The first kappa shape index (κ1) is 44.6. The first-order valence-corrected chi connectivity index (χ1v) is 27.6. The van der Waals surface area contributed by atoms with Crippen LogP contribution in [0, 0.1) is 22.5 Å². The predicted octanol–water partition coefficient (Wildman–Crippen LogP) is 7.44. The van der Waals surface area contributed by atoms with Crippen molar-refractivity contribution in [3.8, 4) is 18.1 Å². The molecule has 0 bridgehead atoms. The number of nitrogens with two attached hydrogens (primary N) is 1. The highest BCUT2D eigenvalue weighted by Crippen LogP contribution is 2.48. The molecule has 55 heavy (non-hydrogen) atoms. The number of aromatic nitrogens is 2. The van der Waals surface area contributed by atoms with Gasteiger partial charge in [-0.1, -0.05) is 68.2 Å². The van der Waals surface area contributed by atoms with E-state index >= 15 is 0 Å². The van der Waals surface area contributed by atoms with E-state index in [2.05, 4.69) is 123 Å². The lowest BCUT2D eigenvalue weighted by atomic mass is 9.96. The molecule has 17 heteroatoms. The van der Waals surface area contributed by atoms with Gasteiger partial charge in [-0.25, -0.2) is 4.98 Å². The second-order valence-corrected chi connectivity index (χ2v) is 33.7. The van der Waals surface area contributed by atoms with Crippen LogP contribution < -0.4 is 15.8 Å². The summed E-state index contributed by atoms with van der Waals surface area (Å²) in [6.07, 6.45) is 4.16. The van der Waals surface area contributed by atoms with E-state index in [9.17, 15) is 15.2 Å². The summed E-state index contributed by atoms with van der Waals surface area (Å²) in [6, 6.07) is 4.25. The third-order valence-corrected chi connectivity index (χ3v) is 25.6. The van der Waals surface area contributed by atoms with Crippen LogP contribution >= 0.6 is 0 Å². The Hall–Kier alpha value is -3.09. The average molecular weight is 817 g/mol. The minimum Gasteiger partial charge on any atom is -0.481 e. The third-order valence-electron chi connectivity index (χ3n) is 12.2. The molecule has 1 unspecified atom stereocenters. The van der Waals surface area contributed by atoms with Gasteiger partial charge in [-0.05, 0) is 66.5 Å². The van der Waals surface area contributed by atoms with Gasteiger partial charge in [0.2, 0.25) is 0 Å². The van der Waals surface area contributed by atoms with Crippen LogP contribution in [0.1, 0.15) is 79.8 Å². The number of ether oxygens (including phenoxy) is 2. The maximum atomic E-state index is 12.3. The van der Waals surface area contributed by atoms with Gasteiger partial charge in [0, 0.05) is 18.1 Å². The summed E-state index contributed by atoms with van der Waals surface area (Å²) in [5.41, 5.74) is 4.44. The van der Waals surface area contributed by atoms with Gasteiger partial charge in [0.25, 0.3) is 5.69 Å². The van der Waals surface area contributed by atoms with Crippen LogP contribution in [-0.4, -0.2) is 82.0 Å². The molecule has 2 aromatic rings. The SMILES string of the molecule is C#CCOc1ccc([N+](=O)[O-])c(CC2(O)NC(N)=Nc3c2ncn3[C@@H]2O[C@H](CO[Si](C)(C)C(C)(C)C)[C@@H](O[Si](C)(C)C(C)(C)C)[C@H]2O[Si](C)(C)C(C)(C)C)c1. The number of aliphatic imine (C=N–C) groups is 1. The fraction of sp³-hybridized carbons (Fsp3) is 0.684. The van der Waals surface area contributed by atoms with Crippen molar-refractivity contribution < 1.29 is 32.8 Å². The van der Waals surface area contributed by atoms with Gasteiger partial charge in [0.1, 0.15) is 36.4 Å². The molecule has 0 saturated carbocycles. The first-order valence-electron chi connectivity index (χ1n) is 18.9. The van der Waals surface area contributed by atoms with E-state index in [1.807, 2.05) is 0 Å². The average Bonchev–Trinajstić information content (AvgIpc) is 3.58. The van der Waals surface area contributed by atoms with Gasteiger partial charge < -0.3 is 38.9 Å². The Morgan fingerprint density at radius 2 is 1.56 bits per heavy atom. The normalized spacial score (nSPS) is 23.8. The van der Waals surface area contributed by atoms with Crippen molar-refractivity contribution in [2.24, 2.45) is 10.7 Å². The summed E-state index contributed by atoms with van der Waals surface area (Å²) >= 11 is 0. The quantitative estimate of drug-likeness (QED) is 0.0792. The Morgan fingerprint density at radius 3 is 2.09 bits per heavy atom. The van der Waals surface area contributed by atoms with Crippen LogP contribution in [0.2, 0.25) is 54.4 Å². The van der Waals surface area contributed by atoms with Crippen molar-refractivity contribution in [3.05, 3.63) is 45.9 Å². The second kappa shape index (κ2) is 15.3. The molecule has 14 nitrogen and oxygen atoms in total. The number of imidazole rings is 1. The molecule has 2 aliphatic heterocycles. The molecule has 4 rings (SSSR count). The highest BCUT2D eigenvalue weighted by atomic mass is 28.4. The lowest BCUT2D eigenvalue weighted by Crippen LogP contribution is -2.54. The van der Waals surface area contributed by atoms with Gasteiger partial charge >= 0.3 is 0 Å². The standard InChI is InChI=1S/C38H64N6O8Si3/c1-17-20-48-26-18-19-27(44(46)47)25(21-26)22-38(45)31-32(41-34(39)42-38)43(24-40-31)33-30(52-55(15,16)37(8,9)10)29(51-54(13,14)36(5,6)7)28(50-33)23-49-53(11,12)35(2,3)4/h1,18-19,21,24,28-30,33,45H,20,22-23H2,2-16H3,(H3,39,41,42)/t28-,29-,30-,33-,38?/m1/s1. The van der Waals surface area contributed by atoms with E-state index in [0.29, 0.717) is 12.4 Å². The molecule has 1 saturated heterocycles. The van der Waals surface area contributed by atoms with Crippen LogP contribution in [0.4, 0.5) is 11.5 Å². The van der Waals surface area contributed by atoms with Gasteiger partial charge in [-0.3, -0.25) is 14.7 Å². The Bertz CT molecular complexity index is 1800. The fourth-order valence-corrected chi connectivity index (χ4v) is 9.35. The number of guanidine groups is 1. The van der Waals surface area contributed by atoms with Crippen LogP contribution in [0.15, 0.2) is 29.5 Å². The predicted molar refractivity (Wildman–Crippen MR) is 223 cm³/mol. The number of nitro benzene ring substituents is 1. The van der Waals surface area contributed by atoms with E-state index in [1.165, 1.54) is 18.2 Å². The smallest absolute Gasteiger partial charge is 0.273 e. The van der Waals surface area contributed by atoms with Crippen LogP contribution in [0.3, 0.4) is 0 Å². The topological polar surface area (TPSA) is 178 Å². The number of hydrogen-bond acceptors (Lipinski definition) is 12. The summed E-state index contributed by atoms with van der Waals surface area (Å²) in [4.78, 5) is 20.9. The molecular formula is C38H64N6O8Si3. The molecule has 306 valence electrons. The minimum absolute atomic E-state index is 0.0323. The Morgan fingerprint density at radius 1 is 1.00 bits per heavy atom.